The second-order valence-corrected chi connectivity index (χ2v) is 6.52. The van der Waals surface area contributed by atoms with Crippen molar-refractivity contribution in [3.8, 4) is 11.1 Å². The van der Waals surface area contributed by atoms with Crippen LogP contribution in [0.1, 0.15) is 24.4 Å². The standard InChI is InChI=1S/C21H24N4O5/c22-21(30)23-11-10-18(26)24-13-19(27)25-17(12-20(28)29)16-8-6-15(7-9-16)14-4-2-1-3-5-14/h1-9,17H,10-13H2,(H,24,26)(H,25,27)(H,28,29)(H3,22,23,30). The molecule has 0 bridgehead atoms. The molecule has 1 unspecified atom stereocenters. The summed E-state index contributed by atoms with van der Waals surface area (Å²) >= 11 is 0. The van der Waals surface area contributed by atoms with Crippen LogP contribution in [0.5, 0.6) is 0 Å². The van der Waals surface area contributed by atoms with E-state index in [0.717, 1.165) is 11.1 Å². The Bertz CT molecular complexity index is 884. The van der Waals surface area contributed by atoms with Gasteiger partial charge in [-0.05, 0) is 16.7 Å². The molecule has 9 heteroatoms. The molecule has 0 aliphatic heterocycles. The molecule has 0 aliphatic carbocycles. The van der Waals surface area contributed by atoms with Crippen molar-refractivity contribution >= 4 is 23.8 Å². The van der Waals surface area contributed by atoms with Crippen LogP contribution in [0.4, 0.5) is 4.79 Å². The minimum absolute atomic E-state index is 0.0320. The fourth-order valence-corrected chi connectivity index (χ4v) is 2.78. The van der Waals surface area contributed by atoms with Gasteiger partial charge in [0.05, 0.1) is 19.0 Å². The highest BCUT2D eigenvalue weighted by molar-refractivity contribution is 5.85. The van der Waals surface area contributed by atoms with E-state index in [1.54, 1.807) is 12.1 Å². The van der Waals surface area contributed by atoms with E-state index in [1.165, 1.54) is 0 Å². The lowest BCUT2D eigenvalue weighted by atomic mass is 9.99. The smallest absolute Gasteiger partial charge is 0.312 e. The van der Waals surface area contributed by atoms with Crippen LogP contribution in [-0.4, -0.2) is 42.0 Å². The summed E-state index contributed by atoms with van der Waals surface area (Å²) in [4.78, 5) is 45.6. The molecular weight excluding hydrogens is 388 g/mol. The number of benzene rings is 2. The summed E-state index contributed by atoms with van der Waals surface area (Å²) < 4.78 is 0. The molecule has 0 saturated carbocycles. The second kappa shape index (κ2) is 11.2. The molecule has 4 amide bonds. The lowest BCUT2D eigenvalue weighted by Crippen LogP contribution is -2.40. The molecule has 0 fully saturated rings. The van der Waals surface area contributed by atoms with Crippen LogP contribution in [0.15, 0.2) is 54.6 Å². The topological polar surface area (TPSA) is 151 Å². The number of nitrogens with one attached hydrogen (secondary N) is 3. The van der Waals surface area contributed by atoms with Gasteiger partial charge in [0.15, 0.2) is 0 Å². The summed E-state index contributed by atoms with van der Waals surface area (Å²) in [6, 6.07) is 15.5. The van der Waals surface area contributed by atoms with Crippen molar-refractivity contribution in [3.05, 3.63) is 60.2 Å². The first kappa shape index (κ1) is 22.4. The van der Waals surface area contributed by atoms with Crippen LogP contribution in [0, 0.1) is 0 Å². The highest BCUT2D eigenvalue weighted by Crippen LogP contribution is 2.23. The zero-order chi connectivity index (χ0) is 21.9. The van der Waals surface area contributed by atoms with E-state index in [1.807, 2.05) is 42.5 Å². The Morgan fingerprint density at radius 2 is 1.50 bits per heavy atom. The molecule has 9 nitrogen and oxygen atoms in total. The normalized spacial score (nSPS) is 11.2. The fraction of sp³-hybridized carbons (Fsp3) is 0.238. The van der Waals surface area contributed by atoms with Gasteiger partial charge in [0.2, 0.25) is 11.8 Å². The minimum atomic E-state index is -1.06. The third-order valence-corrected chi connectivity index (χ3v) is 4.23. The largest absolute Gasteiger partial charge is 0.481 e. The number of aliphatic carboxylic acids is 1. The number of nitrogens with two attached hydrogens (primary N) is 1. The number of carbonyl (C=O) groups excluding carboxylic acids is 3. The zero-order valence-electron chi connectivity index (χ0n) is 16.3. The molecule has 1 atom stereocenters. The van der Waals surface area contributed by atoms with Crippen molar-refractivity contribution in [3.63, 3.8) is 0 Å². The third-order valence-electron chi connectivity index (χ3n) is 4.23. The van der Waals surface area contributed by atoms with Gasteiger partial charge in [-0.25, -0.2) is 4.79 Å². The lowest BCUT2D eigenvalue weighted by molar-refractivity contribution is -0.138. The minimum Gasteiger partial charge on any atom is -0.481 e. The van der Waals surface area contributed by atoms with Crippen LogP contribution in [0.2, 0.25) is 0 Å². The van der Waals surface area contributed by atoms with E-state index in [0.29, 0.717) is 5.56 Å². The predicted octanol–water partition coefficient (Wildman–Crippen LogP) is 1.16. The van der Waals surface area contributed by atoms with Gasteiger partial charge in [-0.15, -0.1) is 0 Å². The SMILES string of the molecule is NC(=O)NCCC(=O)NCC(=O)NC(CC(=O)O)c1ccc(-c2ccccc2)cc1. The number of carboxylic acid groups (broad SMARTS) is 1. The molecule has 0 saturated heterocycles. The average molecular weight is 412 g/mol. The number of amides is 4. The number of hydrogen-bond donors (Lipinski definition) is 5. The molecule has 30 heavy (non-hydrogen) atoms. The fourth-order valence-electron chi connectivity index (χ4n) is 2.78. The summed E-state index contributed by atoms with van der Waals surface area (Å²) in [5.74, 6) is -2.03. The van der Waals surface area contributed by atoms with Crippen LogP contribution in [0.25, 0.3) is 11.1 Å². The zero-order valence-corrected chi connectivity index (χ0v) is 16.3. The molecular formula is C21H24N4O5. The Hall–Kier alpha value is -3.88. The van der Waals surface area contributed by atoms with Crippen LogP contribution < -0.4 is 21.7 Å². The van der Waals surface area contributed by atoms with E-state index in [-0.39, 0.29) is 25.9 Å². The van der Waals surface area contributed by atoms with E-state index in [4.69, 9.17) is 5.73 Å². The van der Waals surface area contributed by atoms with Gasteiger partial charge in [0.25, 0.3) is 0 Å². The monoisotopic (exact) mass is 412 g/mol. The summed E-state index contributed by atoms with van der Waals surface area (Å²) in [6.07, 6.45) is -0.331. The predicted molar refractivity (Wildman–Crippen MR) is 110 cm³/mol. The summed E-state index contributed by atoms with van der Waals surface area (Å²) in [7, 11) is 0. The molecule has 2 aromatic rings. The number of hydrogen-bond acceptors (Lipinski definition) is 4. The van der Waals surface area contributed by atoms with Gasteiger partial charge in [-0.1, -0.05) is 54.6 Å². The molecule has 0 aliphatic rings. The quantitative estimate of drug-likeness (QED) is 0.397. The molecule has 158 valence electrons. The summed E-state index contributed by atoms with van der Waals surface area (Å²) in [6.45, 7) is -0.258. The maximum Gasteiger partial charge on any atom is 0.312 e. The number of carbonyl (C=O) groups is 4. The van der Waals surface area contributed by atoms with Crippen LogP contribution >= 0.6 is 0 Å². The molecule has 0 spiro atoms. The first-order valence-electron chi connectivity index (χ1n) is 9.31. The van der Waals surface area contributed by atoms with Crippen molar-refractivity contribution < 1.29 is 24.3 Å². The van der Waals surface area contributed by atoms with Crippen molar-refractivity contribution in [2.45, 2.75) is 18.9 Å². The van der Waals surface area contributed by atoms with Crippen molar-refractivity contribution in [2.24, 2.45) is 5.73 Å². The van der Waals surface area contributed by atoms with Crippen LogP contribution in [-0.2, 0) is 14.4 Å². The van der Waals surface area contributed by atoms with Crippen LogP contribution in [0.3, 0.4) is 0 Å². The maximum atomic E-state index is 12.2. The molecule has 2 aromatic carbocycles. The first-order valence-corrected chi connectivity index (χ1v) is 9.31. The lowest BCUT2D eigenvalue weighted by Gasteiger charge is -2.18. The first-order chi connectivity index (χ1) is 14.3. The van der Waals surface area contributed by atoms with E-state index >= 15 is 0 Å². The van der Waals surface area contributed by atoms with E-state index in [9.17, 15) is 24.3 Å². The molecule has 0 aromatic heterocycles. The number of primary amides is 1. The number of rotatable bonds is 10. The van der Waals surface area contributed by atoms with Crippen molar-refractivity contribution in [2.75, 3.05) is 13.1 Å². The molecule has 0 heterocycles. The Morgan fingerprint density at radius 3 is 2.10 bits per heavy atom. The molecule has 6 N–H and O–H groups in total. The van der Waals surface area contributed by atoms with Crippen molar-refractivity contribution in [1.29, 1.82) is 0 Å². The third kappa shape index (κ3) is 7.63. The Morgan fingerprint density at radius 1 is 0.867 bits per heavy atom. The van der Waals surface area contributed by atoms with Gasteiger partial charge in [-0.3, -0.25) is 14.4 Å². The van der Waals surface area contributed by atoms with Gasteiger partial charge < -0.3 is 26.8 Å². The number of carboxylic acids is 1. The van der Waals surface area contributed by atoms with E-state index < -0.39 is 29.9 Å². The summed E-state index contributed by atoms with van der Waals surface area (Å²) in [5, 5.41) is 16.5. The number of urea groups is 1. The Labute approximate surface area is 173 Å². The highest BCUT2D eigenvalue weighted by Gasteiger charge is 2.18. The van der Waals surface area contributed by atoms with Gasteiger partial charge >= 0.3 is 12.0 Å². The van der Waals surface area contributed by atoms with Gasteiger partial charge in [0, 0.05) is 13.0 Å². The summed E-state index contributed by atoms with van der Waals surface area (Å²) in [5.41, 5.74) is 7.53. The van der Waals surface area contributed by atoms with Gasteiger partial charge in [-0.2, -0.15) is 0 Å². The highest BCUT2D eigenvalue weighted by atomic mass is 16.4. The second-order valence-electron chi connectivity index (χ2n) is 6.52. The van der Waals surface area contributed by atoms with E-state index in [2.05, 4.69) is 16.0 Å². The Balaban J connectivity index is 1.95. The maximum absolute atomic E-state index is 12.2. The molecule has 2 rings (SSSR count). The Kier molecular flexibility index (Phi) is 8.37. The van der Waals surface area contributed by atoms with Crippen molar-refractivity contribution in [1.82, 2.24) is 16.0 Å². The molecule has 0 radical (unpaired) electrons. The van der Waals surface area contributed by atoms with Gasteiger partial charge in [0.1, 0.15) is 0 Å². The average Bonchev–Trinajstić information content (AvgIpc) is 2.72.